The molecule has 17 heavy (non-hydrogen) atoms. The van der Waals surface area contributed by atoms with Crippen molar-refractivity contribution in [3.8, 4) is 0 Å². The molecule has 0 radical (unpaired) electrons. The van der Waals surface area contributed by atoms with Crippen molar-refractivity contribution in [1.29, 1.82) is 0 Å². The molecule has 1 amide bonds. The number of aromatic nitrogens is 2. The minimum absolute atomic E-state index is 0.220. The molecule has 0 bridgehead atoms. The number of nitrogens with two attached hydrogens (primary N) is 1. The van der Waals surface area contributed by atoms with Crippen molar-refractivity contribution in [1.82, 2.24) is 15.5 Å². The number of carbonyl (C=O) groups is 1. The van der Waals surface area contributed by atoms with Gasteiger partial charge in [-0.15, -0.1) is 0 Å². The van der Waals surface area contributed by atoms with Crippen molar-refractivity contribution < 1.29 is 9.53 Å². The van der Waals surface area contributed by atoms with Gasteiger partial charge in [-0.25, -0.2) is 0 Å². The van der Waals surface area contributed by atoms with E-state index in [2.05, 4.69) is 15.5 Å². The van der Waals surface area contributed by atoms with Crippen molar-refractivity contribution in [2.24, 2.45) is 5.92 Å². The van der Waals surface area contributed by atoms with E-state index < -0.39 is 0 Å². The molecule has 0 spiro atoms. The summed E-state index contributed by atoms with van der Waals surface area (Å²) in [7, 11) is 0. The number of rotatable bonds is 7. The van der Waals surface area contributed by atoms with Crippen LogP contribution < -0.4 is 11.1 Å². The zero-order valence-electron chi connectivity index (χ0n) is 9.74. The van der Waals surface area contributed by atoms with E-state index in [4.69, 9.17) is 10.5 Å². The Kier molecular flexibility index (Phi) is 3.98. The summed E-state index contributed by atoms with van der Waals surface area (Å²) in [5.41, 5.74) is 6.25. The summed E-state index contributed by atoms with van der Waals surface area (Å²) >= 11 is 0. The minimum Gasteiger partial charge on any atom is -0.396 e. The Bertz CT molecular complexity index is 373. The maximum atomic E-state index is 11.6. The standard InChI is InChI=1S/C11H18N4O2/c12-9-6-14-15-10(9)11(16)13-4-1-5-17-7-8-2-3-8/h6,8H,1-5,7,12H2,(H,13,16)(H,14,15). The highest BCUT2D eigenvalue weighted by Gasteiger charge is 2.20. The summed E-state index contributed by atoms with van der Waals surface area (Å²) in [6.07, 6.45) is 4.84. The van der Waals surface area contributed by atoms with Gasteiger partial charge in [0.2, 0.25) is 0 Å². The highest BCUT2D eigenvalue weighted by Crippen LogP contribution is 2.28. The number of hydrogen-bond donors (Lipinski definition) is 3. The third kappa shape index (κ3) is 3.74. The molecular formula is C11H18N4O2. The number of nitrogens with one attached hydrogen (secondary N) is 2. The van der Waals surface area contributed by atoms with E-state index in [9.17, 15) is 4.79 Å². The van der Waals surface area contributed by atoms with Gasteiger partial charge in [0.1, 0.15) is 5.69 Å². The van der Waals surface area contributed by atoms with E-state index in [1.54, 1.807) is 0 Å². The zero-order valence-corrected chi connectivity index (χ0v) is 9.74. The quantitative estimate of drug-likeness (QED) is 0.604. The van der Waals surface area contributed by atoms with Crippen LogP contribution in [-0.2, 0) is 4.74 Å². The van der Waals surface area contributed by atoms with Gasteiger partial charge in [-0.2, -0.15) is 5.10 Å². The first-order valence-electron chi connectivity index (χ1n) is 5.92. The van der Waals surface area contributed by atoms with Crippen LogP contribution in [0.5, 0.6) is 0 Å². The van der Waals surface area contributed by atoms with Crippen LogP contribution in [0, 0.1) is 5.92 Å². The molecule has 2 rings (SSSR count). The van der Waals surface area contributed by atoms with E-state index in [0.717, 1.165) is 18.9 Å². The number of nitrogens with zero attached hydrogens (tertiary/aromatic N) is 1. The molecule has 1 aliphatic carbocycles. The second-order valence-corrected chi connectivity index (χ2v) is 4.33. The number of hydrogen-bond acceptors (Lipinski definition) is 4. The van der Waals surface area contributed by atoms with Gasteiger partial charge in [0.15, 0.2) is 0 Å². The maximum absolute atomic E-state index is 11.6. The average Bonchev–Trinajstić information content (AvgIpc) is 3.04. The van der Waals surface area contributed by atoms with E-state index in [-0.39, 0.29) is 5.91 Å². The Hall–Kier alpha value is -1.56. The number of amides is 1. The lowest BCUT2D eigenvalue weighted by Gasteiger charge is -2.05. The molecule has 1 aromatic heterocycles. The van der Waals surface area contributed by atoms with Crippen molar-refractivity contribution >= 4 is 11.6 Å². The first kappa shape index (κ1) is 11.9. The third-order valence-corrected chi connectivity index (χ3v) is 2.70. The van der Waals surface area contributed by atoms with Gasteiger partial charge in [0, 0.05) is 19.8 Å². The predicted octanol–water partition coefficient (Wildman–Crippen LogP) is 0.538. The lowest BCUT2D eigenvalue weighted by atomic mass is 10.3. The summed E-state index contributed by atoms with van der Waals surface area (Å²) in [5.74, 6) is 0.566. The van der Waals surface area contributed by atoms with Crippen LogP contribution in [0.3, 0.4) is 0 Å². The van der Waals surface area contributed by atoms with Crippen molar-refractivity contribution in [2.75, 3.05) is 25.5 Å². The molecule has 1 aromatic rings. The Morgan fingerprint density at radius 3 is 3.12 bits per heavy atom. The number of H-pyrrole nitrogens is 1. The van der Waals surface area contributed by atoms with Crippen LogP contribution in [0.2, 0.25) is 0 Å². The molecule has 0 saturated heterocycles. The van der Waals surface area contributed by atoms with Crippen molar-refractivity contribution in [2.45, 2.75) is 19.3 Å². The molecule has 6 nitrogen and oxygen atoms in total. The molecule has 0 aliphatic heterocycles. The van der Waals surface area contributed by atoms with E-state index in [1.165, 1.54) is 19.0 Å². The molecule has 1 saturated carbocycles. The first-order valence-corrected chi connectivity index (χ1v) is 5.92. The van der Waals surface area contributed by atoms with Gasteiger partial charge in [-0.05, 0) is 25.2 Å². The normalized spacial score (nSPS) is 14.8. The Labute approximate surface area is 99.9 Å². The van der Waals surface area contributed by atoms with Crippen LogP contribution >= 0.6 is 0 Å². The summed E-state index contributed by atoms with van der Waals surface area (Å²) in [6.45, 7) is 2.14. The van der Waals surface area contributed by atoms with Gasteiger partial charge in [0.25, 0.3) is 5.91 Å². The number of aromatic amines is 1. The van der Waals surface area contributed by atoms with Gasteiger partial charge < -0.3 is 15.8 Å². The number of anilines is 1. The molecule has 0 unspecified atom stereocenters. The molecule has 0 aromatic carbocycles. The number of carbonyl (C=O) groups excluding carboxylic acids is 1. The van der Waals surface area contributed by atoms with Crippen molar-refractivity contribution in [3.05, 3.63) is 11.9 Å². The van der Waals surface area contributed by atoms with E-state index in [1.807, 2.05) is 0 Å². The molecular weight excluding hydrogens is 220 g/mol. The van der Waals surface area contributed by atoms with Crippen molar-refractivity contribution in [3.63, 3.8) is 0 Å². The molecule has 4 N–H and O–H groups in total. The topological polar surface area (TPSA) is 93.0 Å². The minimum atomic E-state index is -0.220. The first-order chi connectivity index (χ1) is 8.27. The van der Waals surface area contributed by atoms with Crippen LogP contribution in [-0.4, -0.2) is 35.9 Å². The average molecular weight is 238 g/mol. The Balaban J connectivity index is 1.55. The fourth-order valence-corrected chi connectivity index (χ4v) is 1.48. The molecule has 1 aliphatic rings. The number of nitrogen functional groups attached to an aromatic ring is 1. The Morgan fingerprint density at radius 2 is 2.47 bits per heavy atom. The lowest BCUT2D eigenvalue weighted by Crippen LogP contribution is -2.26. The van der Waals surface area contributed by atoms with Crippen LogP contribution in [0.4, 0.5) is 5.69 Å². The van der Waals surface area contributed by atoms with Gasteiger partial charge in [-0.1, -0.05) is 0 Å². The fraction of sp³-hybridized carbons (Fsp3) is 0.636. The summed E-state index contributed by atoms with van der Waals surface area (Å²) < 4.78 is 5.46. The van der Waals surface area contributed by atoms with Crippen LogP contribution in [0.25, 0.3) is 0 Å². The van der Waals surface area contributed by atoms with Crippen LogP contribution in [0.15, 0.2) is 6.20 Å². The second-order valence-electron chi connectivity index (χ2n) is 4.33. The van der Waals surface area contributed by atoms with Gasteiger partial charge in [-0.3, -0.25) is 9.89 Å². The van der Waals surface area contributed by atoms with E-state index >= 15 is 0 Å². The van der Waals surface area contributed by atoms with Gasteiger partial charge in [0.05, 0.1) is 11.9 Å². The SMILES string of the molecule is Nc1cn[nH]c1C(=O)NCCCOCC1CC1. The van der Waals surface area contributed by atoms with Gasteiger partial charge >= 0.3 is 0 Å². The van der Waals surface area contributed by atoms with E-state index in [0.29, 0.717) is 24.5 Å². The zero-order chi connectivity index (χ0) is 12.1. The second kappa shape index (κ2) is 5.67. The number of ether oxygens (including phenoxy) is 1. The molecule has 1 fully saturated rings. The summed E-state index contributed by atoms with van der Waals surface area (Å²) in [4.78, 5) is 11.6. The molecule has 1 heterocycles. The predicted molar refractivity (Wildman–Crippen MR) is 63.5 cm³/mol. The van der Waals surface area contributed by atoms with Crippen LogP contribution in [0.1, 0.15) is 29.8 Å². The summed E-state index contributed by atoms with van der Waals surface area (Å²) in [6, 6.07) is 0. The lowest BCUT2D eigenvalue weighted by molar-refractivity contribution is 0.0933. The third-order valence-electron chi connectivity index (χ3n) is 2.70. The smallest absolute Gasteiger partial charge is 0.271 e. The highest BCUT2D eigenvalue weighted by molar-refractivity contribution is 5.96. The fourth-order valence-electron chi connectivity index (χ4n) is 1.48. The maximum Gasteiger partial charge on any atom is 0.271 e. The largest absolute Gasteiger partial charge is 0.396 e. The Morgan fingerprint density at radius 1 is 1.65 bits per heavy atom. The highest BCUT2D eigenvalue weighted by atomic mass is 16.5. The summed E-state index contributed by atoms with van der Waals surface area (Å²) in [5, 5.41) is 9.01. The molecule has 6 heteroatoms. The monoisotopic (exact) mass is 238 g/mol. The molecule has 94 valence electrons. The molecule has 0 atom stereocenters.